The summed E-state index contributed by atoms with van der Waals surface area (Å²) in [6, 6.07) is 10.1. The van der Waals surface area contributed by atoms with Crippen LogP contribution < -0.4 is 15.4 Å². The maximum Gasteiger partial charge on any atom is 0.407 e. The van der Waals surface area contributed by atoms with Gasteiger partial charge in [-0.3, -0.25) is 14.4 Å². The number of ether oxygens (including phenoxy) is 2. The van der Waals surface area contributed by atoms with E-state index in [1.54, 1.807) is 22.3 Å². The second-order valence-electron chi connectivity index (χ2n) is 12.5. The number of fused-ring (bicyclic) bond motifs is 6. The fourth-order valence-electron chi connectivity index (χ4n) is 6.52. The number of thiazole rings is 1. The Hall–Kier alpha value is -4.42. The second-order valence-corrected chi connectivity index (χ2v) is 14.1. The maximum absolute atomic E-state index is 16.3. The standard InChI is InChI=1S/C36H40ClFN6O4S/c1-6-13-43(34(45)32(20(2)3)42-36(46)47-5)14-12-40-26(19-39-4)21-16-24(38)31-28-17-22-15-23(37)10-11-27(22)44(28)35(48-29(31)18-21)33-41-25-8-7-9-30(25)49-33/h10-11,15-20,32,35,40H,4,6-9,12-14H2,1-3,5H3,(H,42,46)/b26-19-/t32-,35?/m0/s1. The molecule has 2 aromatic heterocycles. The van der Waals surface area contributed by atoms with Gasteiger partial charge in [-0.1, -0.05) is 32.4 Å². The molecular weight excluding hydrogens is 667 g/mol. The van der Waals surface area contributed by atoms with Gasteiger partial charge in [0.1, 0.15) is 17.6 Å². The molecule has 2 aromatic carbocycles. The van der Waals surface area contributed by atoms with Crippen LogP contribution in [0.4, 0.5) is 9.18 Å². The highest BCUT2D eigenvalue weighted by Crippen LogP contribution is 2.47. The van der Waals surface area contributed by atoms with Crippen LogP contribution in [0, 0.1) is 11.7 Å². The lowest BCUT2D eigenvalue weighted by Crippen LogP contribution is -2.52. The largest absolute Gasteiger partial charge is 0.462 e. The minimum absolute atomic E-state index is 0.150. The SMILES string of the molecule is C=N/C=C(\NCCN(CCC)C(=O)[C@@H](NC(=O)OC)C(C)C)c1cc(F)c2c(c1)OC(c1nc3c(s1)CCC3)n1c-2cc2cc(Cl)ccc21. The summed E-state index contributed by atoms with van der Waals surface area (Å²) in [5.41, 5.74) is 4.03. The fourth-order valence-corrected chi connectivity index (χ4v) is 7.87. The Kier molecular flexibility index (Phi) is 10.3. The number of aliphatic imine (C=N–C) groups is 1. The highest BCUT2D eigenvalue weighted by Gasteiger charge is 2.35. The molecule has 4 aromatic rings. The zero-order valence-electron chi connectivity index (χ0n) is 28.0. The number of amides is 2. The molecule has 0 radical (unpaired) electrons. The molecule has 0 bridgehead atoms. The normalized spacial score (nSPS) is 15.7. The van der Waals surface area contributed by atoms with Gasteiger partial charge in [0.2, 0.25) is 12.1 Å². The van der Waals surface area contributed by atoms with E-state index in [2.05, 4.69) is 22.3 Å². The van der Waals surface area contributed by atoms with E-state index in [1.807, 2.05) is 49.6 Å². The van der Waals surface area contributed by atoms with Crippen LogP contribution >= 0.6 is 22.9 Å². The molecule has 0 saturated carbocycles. The average Bonchev–Trinajstić information content (AvgIpc) is 3.79. The van der Waals surface area contributed by atoms with Gasteiger partial charge in [-0.15, -0.1) is 11.3 Å². The van der Waals surface area contributed by atoms with Crippen LogP contribution in [0.15, 0.2) is 47.6 Å². The fraction of sp³-hybridized carbons (Fsp3) is 0.389. The van der Waals surface area contributed by atoms with E-state index in [1.165, 1.54) is 24.3 Å². The van der Waals surface area contributed by atoms with E-state index in [0.717, 1.165) is 47.3 Å². The summed E-state index contributed by atoms with van der Waals surface area (Å²) in [6.07, 6.45) is 4.04. The predicted molar refractivity (Wildman–Crippen MR) is 192 cm³/mol. The number of nitrogens with one attached hydrogen (secondary N) is 2. The van der Waals surface area contributed by atoms with Crippen LogP contribution in [-0.4, -0.2) is 66.0 Å². The number of aromatic nitrogens is 2. The van der Waals surface area contributed by atoms with Crippen LogP contribution in [-0.2, 0) is 22.4 Å². The Morgan fingerprint density at radius 1 is 1.27 bits per heavy atom. The third kappa shape index (κ3) is 6.89. The van der Waals surface area contributed by atoms with Gasteiger partial charge in [0.05, 0.1) is 35.3 Å². The van der Waals surface area contributed by atoms with E-state index in [0.29, 0.717) is 52.9 Å². The molecule has 258 valence electrons. The van der Waals surface area contributed by atoms with E-state index in [-0.39, 0.29) is 11.8 Å². The number of nitrogens with zero attached hydrogens (tertiary/aromatic N) is 4. The molecular formula is C36H40ClFN6O4S. The van der Waals surface area contributed by atoms with Gasteiger partial charge < -0.3 is 25.0 Å². The molecule has 2 amide bonds. The Morgan fingerprint density at radius 2 is 2.08 bits per heavy atom. The molecule has 13 heteroatoms. The van der Waals surface area contributed by atoms with E-state index in [4.69, 9.17) is 26.1 Å². The quantitative estimate of drug-likeness (QED) is 0.151. The Balaban J connectivity index is 1.30. The van der Waals surface area contributed by atoms with Crippen molar-refractivity contribution in [1.82, 2.24) is 25.1 Å². The average molecular weight is 707 g/mol. The van der Waals surface area contributed by atoms with Crippen LogP contribution in [0.1, 0.15) is 61.0 Å². The van der Waals surface area contributed by atoms with E-state index in [9.17, 15) is 9.59 Å². The van der Waals surface area contributed by atoms with Crippen molar-refractivity contribution in [3.8, 4) is 17.0 Å². The number of carbonyl (C=O) groups excluding carboxylic acids is 2. The number of hydrogen-bond acceptors (Lipinski definition) is 8. The molecule has 1 aliphatic carbocycles. The van der Waals surface area contributed by atoms with Gasteiger partial charge in [0.25, 0.3) is 0 Å². The van der Waals surface area contributed by atoms with Crippen molar-refractivity contribution in [2.75, 3.05) is 26.7 Å². The molecule has 0 fully saturated rings. The molecule has 1 aliphatic heterocycles. The van der Waals surface area contributed by atoms with Gasteiger partial charge in [-0.25, -0.2) is 14.2 Å². The molecule has 49 heavy (non-hydrogen) atoms. The minimum atomic E-state index is -0.741. The zero-order chi connectivity index (χ0) is 34.8. The maximum atomic E-state index is 16.3. The highest BCUT2D eigenvalue weighted by molar-refractivity contribution is 7.11. The third-order valence-electron chi connectivity index (χ3n) is 8.83. The molecule has 3 heterocycles. The van der Waals surface area contributed by atoms with Gasteiger partial charge in [0, 0.05) is 46.7 Å². The minimum Gasteiger partial charge on any atom is -0.462 e. The Bertz CT molecular complexity index is 1920. The first-order valence-electron chi connectivity index (χ1n) is 16.5. The van der Waals surface area contributed by atoms with Crippen molar-refractivity contribution < 1.29 is 23.5 Å². The summed E-state index contributed by atoms with van der Waals surface area (Å²) in [5.74, 6) is -0.441. The van der Waals surface area contributed by atoms with Crippen molar-refractivity contribution in [3.05, 3.63) is 74.6 Å². The van der Waals surface area contributed by atoms with Gasteiger partial charge in [-0.2, -0.15) is 0 Å². The van der Waals surface area contributed by atoms with Crippen molar-refractivity contribution in [3.63, 3.8) is 0 Å². The summed E-state index contributed by atoms with van der Waals surface area (Å²) < 4.78 is 29.7. The first-order valence-corrected chi connectivity index (χ1v) is 17.7. The predicted octanol–water partition coefficient (Wildman–Crippen LogP) is 7.19. The smallest absolute Gasteiger partial charge is 0.407 e. The first-order chi connectivity index (χ1) is 23.6. The Morgan fingerprint density at radius 3 is 2.80 bits per heavy atom. The molecule has 1 unspecified atom stereocenters. The molecule has 2 aliphatic rings. The topological polar surface area (TPSA) is 110 Å². The molecule has 0 saturated heterocycles. The summed E-state index contributed by atoms with van der Waals surface area (Å²) >= 11 is 8.01. The Labute approximate surface area is 294 Å². The highest BCUT2D eigenvalue weighted by atomic mass is 35.5. The summed E-state index contributed by atoms with van der Waals surface area (Å²) in [7, 11) is 1.27. The van der Waals surface area contributed by atoms with Gasteiger partial charge in [0.15, 0.2) is 5.01 Å². The number of halogens is 2. The van der Waals surface area contributed by atoms with Crippen molar-refractivity contribution in [1.29, 1.82) is 0 Å². The van der Waals surface area contributed by atoms with Gasteiger partial charge >= 0.3 is 6.09 Å². The van der Waals surface area contributed by atoms with Crippen LogP contribution in [0.2, 0.25) is 5.02 Å². The number of carbonyl (C=O) groups is 2. The van der Waals surface area contributed by atoms with E-state index < -0.39 is 24.2 Å². The van der Waals surface area contributed by atoms with Crippen LogP contribution in [0.3, 0.4) is 0 Å². The summed E-state index contributed by atoms with van der Waals surface area (Å²) in [4.78, 5) is 37.3. The summed E-state index contributed by atoms with van der Waals surface area (Å²) in [5, 5.41) is 8.26. The number of alkyl carbamates (subject to hydrolysis) is 1. The molecule has 0 spiro atoms. The number of benzene rings is 2. The summed E-state index contributed by atoms with van der Waals surface area (Å²) in [6.45, 7) is 10.5. The molecule has 6 rings (SSSR count). The lowest BCUT2D eigenvalue weighted by atomic mass is 10.0. The molecule has 2 atom stereocenters. The monoisotopic (exact) mass is 706 g/mol. The van der Waals surface area contributed by atoms with Gasteiger partial charge in [-0.05, 0) is 74.7 Å². The van der Waals surface area contributed by atoms with E-state index >= 15 is 4.39 Å². The van der Waals surface area contributed by atoms with Crippen molar-refractivity contribution in [2.24, 2.45) is 10.9 Å². The zero-order valence-corrected chi connectivity index (χ0v) is 29.6. The number of aryl methyl sites for hydroxylation is 2. The molecule has 10 nitrogen and oxygen atoms in total. The molecule has 2 N–H and O–H groups in total. The lowest BCUT2D eigenvalue weighted by molar-refractivity contribution is -0.134. The van der Waals surface area contributed by atoms with Crippen molar-refractivity contribution in [2.45, 2.75) is 58.7 Å². The number of hydrogen-bond donors (Lipinski definition) is 2. The number of methoxy groups -OCH3 is 1. The van der Waals surface area contributed by atoms with Crippen molar-refractivity contribution >= 4 is 58.3 Å². The van der Waals surface area contributed by atoms with Crippen LogP contribution in [0.5, 0.6) is 5.75 Å². The van der Waals surface area contributed by atoms with Crippen LogP contribution in [0.25, 0.3) is 27.9 Å². The number of rotatable bonds is 12. The first kappa shape index (κ1) is 34.4. The third-order valence-corrected chi connectivity index (χ3v) is 10.3. The second kappa shape index (κ2) is 14.6. The lowest BCUT2D eigenvalue weighted by Gasteiger charge is -2.30.